The highest BCUT2D eigenvalue weighted by Crippen LogP contribution is 2.50. The number of hydrogen-bond acceptors (Lipinski definition) is 8. The van der Waals surface area contributed by atoms with E-state index < -0.39 is 26.6 Å². The van der Waals surface area contributed by atoms with Crippen molar-refractivity contribution in [3.63, 3.8) is 0 Å². The van der Waals surface area contributed by atoms with Crippen LogP contribution in [0.25, 0.3) is 0 Å². The zero-order valence-corrected chi connectivity index (χ0v) is 31.4. The van der Waals surface area contributed by atoms with Crippen LogP contribution in [0, 0.1) is 29.5 Å². The number of fused-ring (bicyclic) bond motifs is 6. The fourth-order valence-corrected chi connectivity index (χ4v) is 11.0. The topological polar surface area (TPSA) is 117 Å². The Hall–Kier alpha value is -3.19. The van der Waals surface area contributed by atoms with E-state index in [0.29, 0.717) is 63.7 Å². The number of ether oxygens (including phenoxy) is 2. The molecular formula is C39H48ClFN4O6S. The molecule has 4 aliphatic heterocycles. The van der Waals surface area contributed by atoms with Crippen LogP contribution >= 0.6 is 11.6 Å². The molecule has 0 unspecified atom stereocenters. The second-order valence-corrected chi connectivity index (χ2v) is 18.4. The normalized spacial score (nSPS) is 32.8. The Balaban J connectivity index is 1.16. The second kappa shape index (κ2) is 13.9. The average molecular weight is 755 g/mol. The summed E-state index contributed by atoms with van der Waals surface area (Å²) in [5, 5.41) is 2.20. The Morgan fingerprint density at radius 1 is 1.15 bits per heavy atom. The molecule has 10 nitrogen and oxygen atoms in total. The van der Waals surface area contributed by atoms with Crippen LogP contribution in [0.4, 0.5) is 10.1 Å². The molecule has 4 bridgehead atoms. The molecule has 2 fully saturated rings. The van der Waals surface area contributed by atoms with E-state index in [1.54, 1.807) is 31.2 Å². The summed E-state index contributed by atoms with van der Waals surface area (Å²) in [6.07, 6.45) is 7.03. The summed E-state index contributed by atoms with van der Waals surface area (Å²) >= 11 is 6.27. The number of benzene rings is 2. The second-order valence-electron chi connectivity index (χ2n) is 15.9. The van der Waals surface area contributed by atoms with Gasteiger partial charge in [0, 0.05) is 43.7 Å². The lowest BCUT2D eigenvalue weighted by Gasteiger charge is -2.48. The quantitative estimate of drug-likeness (QED) is 0.427. The molecule has 2 aromatic rings. The van der Waals surface area contributed by atoms with Crippen molar-refractivity contribution in [1.82, 2.24) is 14.9 Å². The molecule has 7 atom stereocenters. The van der Waals surface area contributed by atoms with Gasteiger partial charge in [0.05, 0.1) is 41.8 Å². The molecule has 2 amide bonds. The summed E-state index contributed by atoms with van der Waals surface area (Å²) in [5.74, 6) is -0.0353. The lowest BCUT2D eigenvalue weighted by Crippen LogP contribution is -2.51. The van der Waals surface area contributed by atoms with E-state index in [4.69, 9.17) is 21.1 Å². The van der Waals surface area contributed by atoms with Gasteiger partial charge in [0.25, 0.3) is 5.91 Å². The van der Waals surface area contributed by atoms with Crippen LogP contribution < -0.4 is 19.7 Å². The summed E-state index contributed by atoms with van der Waals surface area (Å²) in [5.41, 5.74) is 3.21. The molecule has 1 spiro atoms. The predicted molar refractivity (Wildman–Crippen MR) is 197 cm³/mol. The number of carbonyl (C=O) groups is 2. The number of carbonyl (C=O) groups excluding carboxylic acids is 2. The van der Waals surface area contributed by atoms with Crippen molar-refractivity contribution in [2.75, 3.05) is 57.4 Å². The Morgan fingerprint density at radius 2 is 1.98 bits per heavy atom. The number of anilines is 1. The zero-order valence-electron chi connectivity index (χ0n) is 29.8. The van der Waals surface area contributed by atoms with Crippen molar-refractivity contribution in [3.8, 4) is 5.75 Å². The van der Waals surface area contributed by atoms with Crippen LogP contribution in [0.15, 0.2) is 42.0 Å². The molecular weight excluding hydrogens is 707 g/mol. The maximum absolute atomic E-state index is 15.5. The van der Waals surface area contributed by atoms with Crippen LogP contribution in [-0.2, 0) is 31.4 Å². The van der Waals surface area contributed by atoms with Crippen LogP contribution in [0.1, 0.15) is 67.4 Å². The smallest absolute Gasteiger partial charge is 0.264 e. The number of nitrogens with zero attached hydrogens (tertiary/aromatic N) is 2. The number of nitrogens with one attached hydrogen (secondary N) is 2. The molecule has 2 aromatic carbocycles. The first-order valence-corrected chi connectivity index (χ1v) is 20.7. The number of amides is 2. The van der Waals surface area contributed by atoms with Crippen molar-refractivity contribution < 1.29 is 31.9 Å². The van der Waals surface area contributed by atoms with Gasteiger partial charge in [-0.05, 0) is 110 Å². The Bertz CT molecular complexity index is 1910. The number of halogens is 2. The largest absolute Gasteiger partial charge is 0.490 e. The molecule has 1 saturated heterocycles. The van der Waals surface area contributed by atoms with E-state index in [9.17, 15) is 18.0 Å². The van der Waals surface area contributed by atoms with E-state index in [-0.39, 0.29) is 52.1 Å². The lowest BCUT2D eigenvalue weighted by molar-refractivity contribution is -0.124. The Kier molecular flexibility index (Phi) is 9.58. The van der Waals surface area contributed by atoms with Gasteiger partial charge in [-0.15, -0.1) is 0 Å². The third-order valence-corrected chi connectivity index (χ3v) is 15.1. The number of sulfonamides is 1. The molecule has 2 N–H and O–H groups in total. The monoisotopic (exact) mass is 754 g/mol. The highest BCUT2D eigenvalue weighted by molar-refractivity contribution is 7.90. The van der Waals surface area contributed by atoms with Crippen LogP contribution in [0.5, 0.6) is 5.75 Å². The number of rotatable bonds is 4. The first kappa shape index (κ1) is 35.8. The van der Waals surface area contributed by atoms with Gasteiger partial charge < -0.3 is 19.7 Å². The summed E-state index contributed by atoms with van der Waals surface area (Å²) in [6.45, 7) is 8.10. The standard InChI is InChI=1S/C39H48ClFN4O6S/c1-23-24(2)52(48,49)43-38(47)25-6-10-34-33(18-25)45(21-39(22-51-34)11-3-4-30-31(39)8-9-32(40)36(30)41)19-26-5-7-29(26)37(28-16-27(23)17-28)50-15-14-44-13-12-42-35(46)20-44/h6,8-10,16,18,23-24,26-27,29,37H,3-5,7,11-15,17,19-22H2,1-2H3,(H,42,46)(H,43,47)/t23-,24-,26+,27+,29-,37+,39+/m1/s1. The molecule has 3 aliphatic carbocycles. The van der Waals surface area contributed by atoms with E-state index >= 15 is 4.39 Å². The molecule has 1 saturated carbocycles. The lowest BCUT2D eigenvalue weighted by atomic mass is 9.64. The van der Waals surface area contributed by atoms with Gasteiger partial charge in [-0.25, -0.2) is 17.5 Å². The SMILES string of the molecule is C[C@@H]1[C@@H](C)S(=O)(=O)NC(=O)c2ccc3c(c2)N(C[C@@H]2CC[C@H]2[C@@H](OCCN2CCNC(=O)C2)C2=C[C@H]1C2)C[C@@]1(CCCc2c1ccc(Cl)c2F)CO3. The molecule has 280 valence electrons. The van der Waals surface area contributed by atoms with Crippen molar-refractivity contribution >= 4 is 39.1 Å². The third-order valence-electron chi connectivity index (χ3n) is 13.0. The van der Waals surface area contributed by atoms with Crippen molar-refractivity contribution in [3.05, 3.63) is 69.5 Å². The summed E-state index contributed by atoms with van der Waals surface area (Å²) in [7, 11) is -3.99. The van der Waals surface area contributed by atoms with E-state index in [2.05, 4.69) is 25.9 Å². The molecule has 0 aromatic heterocycles. The van der Waals surface area contributed by atoms with E-state index in [0.717, 1.165) is 49.9 Å². The van der Waals surface area contributed by atoms with Gasteiger partial charge >= 0.3 is 0 Å². The van der Waals surface area contributed by atoms with Gasteiger partial charge in [-0.2, -0.15) is 0 Å². The molecule has 4 heterocycles. The summed E-state index contributed by atoms with van der Waals surface area (Å²) in [6, 6.07) is 8.72. The fourth-order valence-electron chi connectivity index (χ4n) is 9.46. The van der Waals surface area contributed by atoms with Gasteiger partial charge in [-0.1, -0.05) is 30.7 Å². The molecule has 9 rings (SSSR count). The fraction of sp³-hybridized carbons (Fsp3) is 0.590. The molecule has 13 heteroatoms. The highest BCUT2D eigenvalue weighted by Gasteiger charge is 2.47. The van der Waals surface area contributed by atoms with Crippen molar-refractivity contribution in [2.24, 2.45) is 23.7 Å². The first-order valence-electron chi connectivity index (χ1n) is 18.8. The van der Waals surface area contributed by atoms with Crippen molar-refractivity contribution in [2.45, 2.75) is 69.1 Å². The predicted octanol–water partition coefficient (Wildman–Crippen LogP) is 4.84. The minimum Gasteiger partial charge on any atom is -0.490 e. The molecule has 52 heavy (non-hydrogen) atoms. The third kappa shape index (κ3) is 6.51. The summed E-state index contributed by atoms with van der Waals surface area (Å²) < 4.78 is 58.4. The maximum atomic E-state index is 15.5. The molecule has 7 aliphatic rings. The van der Waals surface area contributed by atoms with Crippen LogP contribution in [0.3, 0.4) is 0 Å². The first-order chi connectivity index (χ1) is 24.9. The number of allylic oxidation sites excluding steroid dienone is 1. The van der Waals surface area contributed by atoms with Gasteiger partial charge in [-0.3, -0.25) is 14.5 Å². The highest BCUT2D eigenvalue weighted by atomic mass is 35.5. The Labute approximate surface area is 310 Å². The van der Waals surface area contributed by atoms with Gasteiger partial charge in [0.1, 0.15) is 11.6 Å². The number of hydrogen-bond donors (Lipinski definition) is 2. The number of piperazine rings is 1. The van der Waals surface area contributed by atoms with Gasteiger partial charge in [0.15, 0.2) is 0 Å². The maximum Gasteiger partial charge on any atom is 0.264 e. The van der Waals surface area contributed by atoms with E-state index in [1.165, 1.54) is 5.57 Å². The van der Waals surface area contributed by atoms with Gasteiger partial charge in [0.2, 0.25) is 15.9 Å². The molecule has 0 radical (unpaired) electrons. The Morgan fingerprint density at radius 3 is 2.75 bits per heavy atom. The summed E-state index contributed by atoms with van der Waals surface area (Å²) in [4.78, 5) is 30.0. The van der Waals surface area contributed by atoms with Crippen LogP contribution in [0.2, 0.25) is 5.02 Å². The minimum atomic E-state index is -3.99. The zero-order chi connectivity index (χ0) is 36.4. The average Bonchev–Trinajstić information content (AvgIpc) is 3.23. The van der Waals surface area contributed by atoms with Crippen molar-refractivity contribution in [1.29, 1.82) is 0 Å². The van der Waals surface area contributed by atoms with E-state index in [1.807, 2.05) is 13.0 Å². The van der Waals surface area contributed by atoms with Crippen LogP contribution in [-0.4, -0.2) is 89.0 Å². The minimum absolute atomic E-state index is 0.0304.